The van der Waals surface area contributed by atoms with E-state index in [0.717, 1.165) is 70.4 Å². The Labute approximate surface area is 353 Å². The van der Waals surface area contributed by atoms with Crippen molar-refractivity contribution in [1.82, 2.24) is 17.8 Å². The number of nitriles is 1. The molecule has 5 aliphatic rings. The fourth-order valence-corrected chi connectivity index (χ4v) is 12.3. The van der Waals surface area contributed by atoms with Crippen LogP contribution in [0.4, 0.5) is 5.69 Å². The Morgan fingerprint density at radius 1 is 0.897 bits per heavy atom. The maximum absolute atomic E-state index is 13.9. The Morgan fingerprint density at radius 3 is 2.07 bits per heavy atom. The summed E-state index contributed by atoms with van der Waals surface area (Å²) < 4.78 is 8.37. The van der Waals surface area contributed by atoms with E-state index in [2.05, 4.69) is 78.6 Å². The minimum atomic E-state index is -0.950. The van der Waals surface area contributed by atoms with Crippen LogP contribution in [-0.4, -0.2) is 92.2 Å². The van der Waals surface area contributed by atoms with Crippen molar-refractivity contribution in [1.29, 1.82) is 5.26 Å². The van der Waals surface area contributed by atoms with Crippen molar-refractivity contribution in [2.24, 2.45) is 16.7 Å². The van der Waals surface area contributed by atoms with Crippen LogP contribution in [0.25, 0.3) is 0 Å². The van der Waals surface area contributed by atoms with Gasteiger partial charge in [0.1, 0.15) is 17.9 Å². The normalized spacial score (nSPS) is 24.0. The van der Waals surface area contributed by atoms with E-state index in [4.69, 9.17) is 4.74 Å². The number of carbonyl (C=O) groups is 5. The standard InChI is InChI=1S/C45H49IN6O6/c1-26-19-33(12-9-29(26)22-47)58-43-44(2,3)42(45(43,4)5)52(46)38(54)28-7-10-32(11-8-28)50-17-15-27(16-18-50)23-49-24-30-20-34-35(21-31(30)25-49)40(56)51(39(34)55)36-13-14-37(53)48(6)41(36)57/h7-12,19-21,27,36,42-43H,13-18,23-25H2,1-6H3/t36?,42-,43-. The van der Waals surface area contributed by atoms with Crippen molar-refractivity contribution in [3.05, 3.63) is 93.5 Å². The molecule has 3 fully saturated rings. The lowest BCUT2D eigenvalue weighted by atomic mass is 9.49. The number of carbonyl (C=O) groups excluding carboxylic acids is 5. The predicted molar refractivity (Wildman–Crippen MR) is 225 cm³/mol. The molecule has 2 saturated heterocycles. The van der Waals surface area contributed by atoms with Gasteiger partial charge in [0.2, 0.25) is 5.91 Å². The number of amides is 5. The molecule has 0 N–H and O–H groups in total. The van der Waals surface area contributed by atoms with Crippen LogP contribution < -0.4 is 9.64 Å². The van der Waals surface area contributed by atoms with E-state index in [-0.39, 0.29) is 47.6 Å². The van der Waals surface area contributed by atoms with Crippen molar-refractivity contribution >= 4 is 58.1 Å². The highest BCUT2D eigenvalue weighted by Crippen LogP contribution is 2.59. The van der Waals surface area contributed by atoms with Gasteiger partial charge in [0.05, 0.1) is 51.7 Å². The first-order valence-corrected chi connectivity index (χ1v) is 21.1. The average Bonchev–Trinajstić information content (AvgIpc) is 3.70. The van der Waals surface area contributed by atoms with E-state index >= 15 is 0 Å². The fraction of sp³-hybridized carbons (Fsp3) is 0.467. The van der Waals surface area contributed by atoms with Crippen LogP contribution in [0, 0.1) is 35.0 Å². The van der Waals surface area contributed by atoms with Crippen molar-refractivity contribution in [3.63, 3.8) is 0 Å². The molecule has 3 aromatic carbocycles. The summed E-state index contributed by atoms with van der Waals surface area (Å²) in [6.07, 6.45) is 2.20. The van der Waals surface area contributed by atoms with Gasteiger partial charge >= 0.3 is 0 Å². The Balaban J connectivity index is 0.836. The molecule has 13 heteroatoms. The van der Waals surface area contributed by atoms with E-state index in [1.165, 1.54) is 7.05 Å². The number of imide groups is 2. The third-order valence-corrected chi connectivity index (χ3v) is 14.3. The Bertz CT molecular complexity index is 2210. The zero-order valence-corrected chi connectivity index (χ0v) is 36.0. The number of fused-ring (bicyclic) bond motifs is 2. The molecule has 1 aliphatic carbocycles. The zero-order chi connectivity index (χ0) is 41.4. The summed E-state index contributed by atoms with van der Waals surface area (Å²) in [5.41, 5.74) is 5.39. The summed E-state index contributed by atoms with van der Waals surface area (Å²) in [4.78, 5) is 72.4. The zero-order valence-electron chi connectivity index (χ0n) is 33.9. The lowest BCUT2D eigenvalue weighted by molar-refractivity contribution is -0.179. The monoisotopic (exact) mass is 896 g/mol. The summed E-state index contributed by atoms with van der Waals surface area (Å²) in [5.74, 6) is -0.526. The Morgan fingerprint density at radius 2 is 1.50 bits per heavy atom. The summed E-state index contributed by atoms with van der Waals surface area (Å²) in [7, 11) is 1.40. The van der Waals surface area contributed by atoms with E-state index in [9.17, 15) is 29.2 Å². The fourth-order valence-electron chi connectivity index (χ4n) is 10.5. The van der Waals surface area contributed by atoms with Crippen molar-refractivity contribution in [2.45, 2.75) is 91.6 Å². The van der Waals surface area contributed by atoms with Gasteiger partial charge in [-0.25, -0.2) is 0 Å². The highest BCUT2D eigenvalue weighted by atomic mass is 127. The highest BCUT2D eigenvalue weighted by molar-refractivity contribution is 14.1. The van der Waals surface area contributed by atoms with Gasteiger partial charge in [-0.05, 0) is 103 Å². The highest BCUT2D eigenvalue weighted by Gasteiger charge is 2.66. The minimum absolute atomic E-state index is 0.0302. The second-order valence-corrected chi connectivity index (χ2v) is 18.9. The van der Waals surface area contributed by atoms with Crippen LogP contribution in [0.15, 0.2) is 54.6 Å². The molecule has 4 aliphatic heterocycles. The number of nitrogens with zero attached hydrogens (tertiary/aromatic N) is 6. The van der Waals surface area contributed by atoms with Crippen LogP contribution >= 0.6 is 22.9 Å². The van der Waals surface area contributed by atoms with Gasteiger partial charge in [0, 0.05) is 68.3 Å². The van der Waals surface area contributed by atoms with Gasteiger partial charge in [0.25, 0.3) is 23.6 Å². The molecule has 8 rings (SSSR count). The van der Waals surface area contributed by atoms with Gasteiger partial charge in [-0.3, -0.25) is 41.8 Å². The molecule has 5 amide bonds. The molecule has 0 radical (unpaired) electrons. The van der Waals surface area contributed by atoms with Crippen molar-refractivity contribution in [2.75, 3.05) is 31.6 Å². The number of rotatable bonds is 8. The van der Waals surface area contributed by atoms with Gasteiger partial charge in [0.15, 0.2) is 0 Å². The van der Waals surface area contributed by atoms with Gasteiger partial charge in [-0.2, -0.15) is 5.26 Å². The second kappa shape index (κ2) is 14.8. The van der Waals surface area contributed by atoms with Gasteiger partial charge in [-0.15, -0.1) is 0 Å². The number of anilines is 1. The molecule has 1 saturated carbocycles. The van der Waals surface area contributed by atoms with E-state index in [1.807, 2.05) is 46.4 Å². The average molecular weight is 897 g/mol. The number of halogens is 1. The molecule has 4 heterocycles. The smallest absolute Gasteiger partial charge is 0.262 e. The predicted octanol–water partition coefficient (Wildman–Crippen LogP) is 6.52. The Kier molecular flexibility index (Phi) is 10.2. The molecular weight excluding hydrogens is 847 g/mol. The maximum atomic E-state index is 13.9. The molecule has 58 heavy (non-hydrogen) atoms. The summed E-state index contributed by atoms with van der Waals surface area (Å²) in [5, 5.41) is 9.33. The first kappa shape index (κ1) is 40.0. The minimum Gasteiger partial charge on any atom is -0.489 e. The first-order chi connectivity index (χ1) is 27.5. The third-order valence-electron chi connectivity index (χ3n) is 13.3. The van der Waals surface area contributed by atoms with E-state index in [1.54, 1.807) is 6.07 Å². The maximum Gasteiger partial charge on any atom is 0.262 e. The van der Waals surface area contributed by atoms with Gasteiger partial charge in [-0.1, -0.05) is 27.7 Å². The van der Waals surface area contributed by atoms with Crippen molar-refractivity contribution < 1.29 is 28.7 Å². The largest absolute Gasteiger partial charge is 0.489 e. The number of ether oxygens (including phenoxy) is 1. The lowest BCUT2D eigenvalue weighted by Crippen LogP contribution is -2.73. The number of piperidine rings is 2. The third kappa shape index (κ3) is 6.66. The lowest BCUT2D eigenvalue weighted by Gasteiger charge is -2.64. The van der Waals surface area contributed by atoms with Crippen LogP contribution in [0.2, 0.25) is 0 Å². The quantitative estimate of drug-likeness (QED) is 0.141. The molecule has 1 atom stereocenters. The summed E-state index contributed by atoms with van der Waals surface area (Å²) >= 11 is 2.17. The molecule has 0 aromatic heterocycles. The number of hydrogen-bond acceptors (Lipinski definition) is 9. The molecule has 0 bridgehead atoms. The molecule has 0 spiro atoms. The van der Waals surface area contributed by atoms with E-state index < -0.39 is 23.8 Å². The van der Waals surface area contributed by atoms with Crippen LogP contribution in [0.1, 0.15) is 107 Å². The number of likely N-dealkylation sites (tertiary alicyclic amines) is 1. The summed E-state index contributed by atoms with van der Waals surface area (Å²) in [6, 6.07) is 18.4. The topological polar surface area (TPSA) is 135 Å². The molecule has 1 unspecified atom stereocenters. The number of hydrogen-bond donors (Lipinski definition) is 0. The number of benzene rings is 3. The van der Waals surface area contributed by atoms with Crippen LogP contribution in [0.5, 0.6) is 5.75 Å². The summed E-state index contributed by atoms with van der Waals surface area (Å²) in [6.45, 7) is 14.6. The molecule has 12 nitrogen and oxygen atoms in total. The Hall–Kier alpha value is -4.81. The van der Waals surface area contributed by atoms with Crippen molar-refractivity contribution in [3.8, 4) is 11.8 Å². The van der Waals surface area contributed by atoms with Crippen LogP contribution in [0.3, 0.4) is 0 Å². The number of likely N-dealkylation sites (N-methyl/N-ethyl adjacent to an activating group) is 1. The SMILES string of the molecule is Cc1cc(O[C@H]2C(C)(C)[C@H](N(I)C(=O)c3ccc(N4CCC(CN5Cc6cc7c(cc6C5)C(=O)N(C5CCC(=O)N(C)C5=O)C7=O)CC4)cc3)C2(C)C)ccc1C#N. The first-order valence-electron chi connectivity index (χ1n) is 20.1. The molecular formula is C45H49IN6O6. The molecule has 3 aromatic rings. The second-order valence-electron chi connectivity index (χ2n) is 17.9. The van der Waals surface area contributed by atoms with Crippen LogP contribution in [-0.2, 0) is 22.7 Å². The van der Waals surface area contributed by atoms with E-state index in [0.29, 0.717) is 41.3 Å². The number of aryl methyl sites for hydroxylation is 1. The molecule has 302 valence electrons. The van der Waals surface area contributed by atoms with Gasteiger partial charge < -0.3 is 9.64 Å².